The number of amides is 1. The first-order valence-corrected chi connectivity index (χ1v) is 9.51. The molecule has 25 heavy (non-hydrogen) atoms. The fraction of sp³-hybridized carbons (Fsp3) is 0.333. The van der Waals surface area contributed by atoms with Gasteiger partial charge >= 0.3 is 0 Å². The fourth-order valence-corrected chi connectivity index (χ4v) is 3.51. The van der Waals surface area contributed by atoms with Gasteiger partial charge in [-0.25, -0.2) is 0 Å². The zero-order chi connectivity index (χ0) is 18.2. The largest absolute Gasteiger partial charge is 0.356 e. The number of hydrogen-bond acceptors (Lipinski definition) is 3. The maximum absolute atomic E-state index is 12.4. The molecule has 0 heterocycles. The lowest BCUT2D eigenvalue weighted by Gasteiger charge is -2.07. The monoisotopic (exact) mass is 355 g/mol. The highest BCUT2D eigenvalue weighted by Crippen LogP contribution is 2.24. The summed E-state index contributed by atoms with van der Waals surface area (Å²) >= 11 is 1.59. The van der Waals surface area contributed by atoms with E-state index < -0.39 is 0 Å². The summed E-state index contributed by atoms with van der Waals surface area (Å²) in [6, 6.07) is 14.1. The Labute approximate surface area is 154 Å². The van der Waals surface area contributed by atoms with Crippen LogP contribution in [0.5, 0.6) is 0 Å². The predicted octanol–water partition coefficient (Wildman–Crippen LogP) is 4.35. The van der Waals surface area contributed by atoms with E-state index in [0.717, 1.165) is 23.3 Å². The van der Waals surface area contributed by atoms with Crippen LogP contribution < -0.4 is 5.32 Å². The van der Waals surface area contributed by atoms with Gasteiger partial charge in [0.15, 0.2) is 5.78 Å². The average Bonchev–Trinajstić information content (AvgIpc) is 2.58. The number of benzene rings is 2. The van der Waals surface area contributed by atoms with Gasteiger partial charge in [-0.1, -0.05) is 42.0 Å². The second-order valence-electron chi connectivity index (χ2n) is 6.26. The zero-order valence-corrected chi connectivity index (χ0v) is 15.9. The van der Waals surface area contributed by atoms with Crippen LogP contribution in [-0.2, 0) is 11.2 Å². The molecule has 2 aromatic carbocycles. The molecule has 0 atom stereocenters. The van der Waals surface area contributed by atoms with Crippen LogP contribution in [0.4, 0.5) is 0 Å². The normalized spacial score (nSPS) is 10.5. The Balaban J connectivity index is 1.84. The smallest absolute Gasteiger partial charge is 0.216 e. The van der Waals surface area contributed by atoms with E-state index in [4.69, 9.17) is 0 Å². The molecule has 0 spiro atoms. The molecule has 0 aliphatic heterocycles. The van der Waals surface area contributed by atoms with Gasteiger partial charge in [0.2, 0.25) is 5.91 Å². The zero-order valence-electron chi connectivity index (χ0n) is 15.1. The van der Waals surface area contributed by atoms with E-state index in [1.807, 2.05) is 24.3 Å². The summed E-state index contributed by atoms with van der Waals surface area (Å²) in [5.41, 5.74) is 4.39. The van der Waals surface area contributed by atoms with Gasteiger partial charge in [-0.05, 0) is 43.9 Å². The Hall–Kier alpha value is -2.07. The number of Topliss-reactive ketones (excluding diaryl/α,β-unsaturated/α-hetero) is 1. The summed E-state index contributed by atoms with van der Waals surface area (Å²) < 4.78 is 0. The van der Waals surface area contributed by atoms with E-state index in [-0.39, 0.29) is 11.7 Å². The van der Waals surface area contributed by atoms with Crippen LogP contribution in [0.15, 0.2) is 47.4 Å². The second-order valence-corrected chi connectivity index (χ2v) is 7.28. The van der Waals surface area contributed by atoms with Crippen molar-refractivity contribution < 1.29 is 9.59 Å². The van der Waals surface area contributed by atoms with Crippen LogP contribution >= 0.6 is 11.8 Å². The van der Waals surface area contributed by atoms with Crippen LogP contribution in [0.25, 0.3) is 0 Å². The van der Waals surface area contributed by atoms with E-state index in [1.54, 1.807) is 11.8 Å². The molecule has 0 bridgehead atoms. The lowest BCUT2D eigenvalue weighted by molar-refractivity contribution is -0.118. The van der Waals surface area contributed by atoms with Crippen molar-refractivity contribution in [2.75, 3.05) is 12.3 Å². The van der Waals surface area contributed by atoms with Crippen LogP contribution in [0.3, 0.4) is 0 Å². The molecule has 3 nitrogen and oxygen atoms in total. The molecule has 0 saturated heterocycles. The maximum atomic E-state index is 12.4. The third kappa shape index (κ3) is 6.39. The number of carbonyl (C=O) groups is 2. The Morgan fingerprint density at radius 2 is 1.76 bits per heavy atom. The number of carbonyl (C=O) groups excluding carboxylic acids is 2. The Morgan fingerprint density at radius 3 is 2.40 bits per heavy atom. The topological polar surface area (TPSA) is 46.2 Å². The molecule has 1 N–H and O–H groups in total. The fourth-order valence-electron chi connectivity index (χ4n) is 2.60. The molecule has 0 radical (unpaired) electrons. The van der Waals surface area contributed by atoms with Crippen molar-refractivity contribution in [3.63, 3.8) is 0 Å². The Kier molecular flexibility index (Phi) is 7.26. The number of rotatable bonds is 8. The molecule has 132 valence electrons. The third-order valence-electron chi connectivity index (χ3n) is 3.98. The van der Waals surface area contributed by atoms with Crippen molar-refractivity contribution in [1.29, 1.82) is 0 Å². The summed E-state index contributed by atoms with van der Waals surface area (Å²) in [5, 5.41) is 2.79. The second kappa shape index (κ2) is 9.42. The quantitative estimate of drug-likeness (QED) is 0.435. The van der Waals surface area contributed by atoms with Gasteiger partial charge < -0.3 is 5.32 Å². The molecule has 0 unspecified atom stereocenters. The van der Waals surface area contributed by atoms with Gasteiger partial charge in [-0.3, -0.25) is 9.59 Å². The molecule has 0 saturated carbocycles. The van der Waals surface area contributed by atoms with Gasteiger partial charge in [0, 0.05) is 23.9 Å². The number of aryl methyl sites for hydroxylation is 3. The first-order chi connectivity index (χ1) is 12.0. The van der Waals surface area contributed by atoms with Gasteiger partial charge in [0.25, 0.3) is 0 Å². The van der Waals surface area contributed by atoms with Crippen molar-refractivity contribution in [3.8, 4) is 0 Å². The molecule has 0 aromatic heterocycles. The van der Waals surface area contributed by atoms with Gasteiger partial charge in [0.1, 0.15) is 0 Å². The van der Waals surface area contributed by atoms with Crippen LogP contribution in [0, 0.1) is 13.8 Å². The predicted molar refractivity (Wildman–Crippen MR) is 104 cm³/mol. The highest BCUT2D eigenvalue weighted by atomic mass is 32.2. The summed E-state index contributed by atoms with van der Waals surface area (Å²) in [5.74, 6) is 0.600. The number of nitrogens with one attached hydrogen (secondary N) is 1. The molecule has 2 rings (SSSR count). The van der Waals surface area contributed by atoms with Gasteiger partial charge in [-0.2, -0.15) is 0 Å². The summed E-state index contributed by atoms with van der Waals surface area (Å²) in [6.45, 7) is 6.36. The summed E-state index contributed by atoms with van der Waals surface area (Å²) in [7, 11) is 0. The molecule has 0 fully saturated rings. The lowest BCUT2D eigenvalue weighted by atomic mass is 10.1. The highest BCUT2D eigenvalue weighted by molar-refractivity contribution is 8.00. The van der Waals surface area contributed by atoms with Crippen LogP contribution in [-0.4, -0.2) is 24.0 Å². The number of thioether (sulfide) groups is 1. The van der Waals surface area contributed by atoms with Crippen molar-refractivity contribution in [2.45, 2.75) is 38.5 Å². The molecular weight excluding hydrogens is 330 g/mol. The molecular formula is C21H25NO2S. The van der Waals surface area contributed by atoms with E-state index in [9.17, 15) is 9.59 Å². The van der Waals surface area contributed by atoms with Crippen molar-refractivity contribution in [3.05, 3.63) is 64.7 Å². The summed E-state index contributed by atoms with van der Waals surface area (Å²) in [4.78, 5) is 24.4. The van der Waals surface area contributed by atoms with Crippen molar-refractivity contribution in [1.82, 2.24) is 5.32 Å². The molecule has 0 aliphatic rings. The first-order valence-electron chi connectivity index (χ1n) is 8.52. The Morgan fingerprint density at radius 1 is 1.04 bits per heavy atom. The average molecular weight is 356 g/mol. The van der Waals surface area contributed by atoms with Gasteiger partial charge in [-0.15, -0.1) is 11.8 Å². The SMILES string of the molecule is CC(=O)NCCCc1ccc(C(=O)CSc2ccc(C)cc2C)cc1. The minimum absolute atomic E-state index is 0.00209. The highest BCUT2D eigenvalue weighted by Gasteiger charge is 2.08. The van der Waals surface area contributed by atoms with Crippen molar-refractivity contribution in [2.24, 2.45) is 0 Å². The molecule has 1 amide bonds. The van der Waals surface area contributed by atoms with Gasteiger partial charge in [0.05, 0.1) is 5.75 Å². The molecule has 4 heteroatoms. The summed E-state index contributed by atoms with van der Waals surface area (Å²) in [6.07, 6.45) is 1.79. The van der Waals surface area contributed by atoms with Crippen LogP contribution in [0.2, 0.25) is 0 Å². The molecule has 0 aliphatic carbocycles. The Bertz CT molecular complexity index is 738. The maximum Gasteiger partial charge on any atom is 0.216 e. The van der Waals surface area contributed by atoms with E-state index in [0.29, 0.717) is 12.3 Å². The van der Waals surface area contributed by atoms with E-state index >= 15 is 0 Å². The number of ketones is 1. The molecule has 2 aromatic rings. The standard InChI is InChI=1S/C21H25NO2S/c1-15-6-11-21(16(2)13-15)25-14-20(24)19-9-7-18(8-10-19)5-4-12-22-17(3)23/h6-11,13H,4-5,12,14H2,1-3H3,(H,22,23). The first kappa shape index (κ1) is 19.3. The minimum Gasteiger partial charge on any atom is -0.356 e. The third-order valence-corrected chi connectivity index (χ3v) is 5.16. The minimum atomic E-state index is 0.00209. The van der Waals surface area contributed by atoms with E-state index in [1.165, 1.54) is 23.6 Å². The van der Waals surface area contributed by atoms with Crippen LogP contribution in [0.1, 0.15) is 40.4 Å². The van der Waals surface area contributed by atoms with E-state index in [2.05, 4.69) is 37.4 Å². The lowest BCUT2D eigenvalue weighted by Crippen LogP contribution is -2.21. The number of hydrogen-bond donors (Lipinski definition) is 1. The van der Waals surface area contributed by atoms with Crippen molar-refractivity contribution >= 4 is 23.5 Å².